The van der Waals surface area contributed by atoms with Crippen LogP contribution >= 0.6 is 0 Å². The molecule has 2 saturated carbocycles. The van der Waals surface area contributed by atoms with E-state index in [1.165, 1.54) is 64.5 Å². The predicted molar refractivity (Wildman–Crippen MR) is 81.4 cm³/mol. The number of piperazine rings is 1. The maximum atomic E-state index is 3.81. The molecule has 2 aliphatic carbocycles. The van der Waals surface area contributed by atoms with E-state index in [2.05, 4.69) is 31.0 Å². The van der Waals surface area contributed by atoms with Crippen molar-refractivity contribution in [3.8, 4) is 0 Å². The summed E-state index contributed by atoms with van der Waals surface area (Å²) >= 11 is 0. The quantitative estimate of drug-likeness (QED) is 0.767. The van der Waals surface area contributed by atoms with E-state index < -0.39 is 0 Å². The van der Waals surface area contributed by atoms with Gasteiger partial charge in [0, 0.05) is 30.2 Å². The van der Waals surface area contributed by atoms with Crippen LogP contribution in [0.2, 0.25) is 0 Å². The van der Waals surface area contributed by atoms with Crippen LogP contribution in [0.5, 0.6) is 0 Å². The van der Waals surface area contributed by atoms with Gasteiger partial charge in [0.15, 0.2) is 0 Å². The van der Waals surface area contributed by atoms with Gasteiger partial charge in [-0.15, -0.1) is 0 Å². The lowest BCUT2D eigenvalue weighted by molar-refractivity contribution is -0.0260. The number of hydrogen-bond acceptors (Lipinski definition) is 2. The standard InChI is InChI=1S/C17H32N2/c1-16(2)13-19(15-8-6-4-5-7-9-15)17(3,12-18-16)14-10-11-14/h14-15,18H,4-13H2,1-3H3. The molecule has 110 valence electrons. The molecule has 1 unspecified atom stereocenters. The first-order valence-corrected chi connectivity index (χ1v) is 8.53. The second-order valence-corrected chi connectivity index (χ2v) is 8.14. The minimum absolute atomic E-state index is 0.292. The van der Waals surface area contributed by atoms with Gasteiger partial charge in [0.1, 0.15) is 0 Å². The van der Waals surface area contributed by atoms with Gasteiger partial charge >= 0.3 is 0 Å². The summed E-state index contributed by atoms with van der Waals surface area (Å²) in [5, 5.41) is 3.81. The first-order chi connectivity index (χ1) is 9.01. The van der Waals surface area contributed by atoms with Gasteiger partial charge in [0.25, 0.3) is 0 Å². The molecule has 2 nitrogen and oxygen atoms in total. The maximum absolute atomic E-state index is 3.81. The fraction of sp³-hybridized carbons (Fsp3) is 1.00. The van der Waals surface area contributed by atoms with Gasteiger partial charge < -0.3 is 5.32 Å². The Morgan fingerprint density at radius 3 is 2.11 bits per heavy atom. The van der Waals surface area contributed by atoms with Crippen molar-refractivity contribution in [2.24, 2.45) is 5.92 Å². The van der Waals surface area contributed by atoms with Crippen molar-refractivity contribution in [1.82, 2.24) is 10.2 Å². The summed E-state index contributed by atoms with van der Waals surface area (Å²) in [4.78, 5) is 2.94. The highest BCUT2D eigenvalue weighted by Gasteiger charge is 2.51. The van der Waals surface area contributed by atoms with Crippen molar-refractivity contribution in [1.29, 1.82) is 0 Å². The second-order valence-electron chi connectivity index (χ2n) is 8.14. The van der Waals surface area contributed by atoms with Crippen molar-refractivity contribution in [3.05, 3.63) is 0 Å². The van der Waals surface area contributed by atoms with Crippen LogP contribution in [0.1, 0.15) is 72.1 Å². The zero-order chi connectivity index (χ0) is 13.5. The number of nitrogens with zero attached hydrogens (tertiary/aromatic N) is 1. The lowest BCUT2D eigenvalue weighted by Gasteiger charge is -2.55. The molecule has 1 heterocycles. The summed E-state index contributed by atoms with van der Waals surface area (Å²) in [6, 6.07) is 0.856. The average Bonchev–Trinajstić information content (AvgIpc) is 3.17. The minimum atomic E-state index is 0.292. The van der Waals surface area contributed by atoms with E-state index in [0.717, 1.165) is 12.0 Å². The maximum Gasteiger partial charge on any atom is 0.0337 e. The van der Waals surface area contributed by atoms with Gasteiger partial charge in [-0.2, -0.15) is 0 Å². The molecule has 1 atom stereocenters. The summed E-state index contributed by atoms with van der Waals surface area (Å²) in [7, 11) is 0. The van der Waals surface area contributed by atoms with Crippen LogP contribution < -0.4 is 5.32 Å². The van der Waals surface area contributed by atoms with Crippen LogP contribution in [-0.2, 0) is 0 Å². The molecule has 0 aromatic rings. The molecule has 1 N–H and O–H groups in total. The first-order valence-electron chi connectivity index (χ1n) is 8.53. The summed E-state index contributed by atoms with van der Waals surface area (Å²) in [6.45, 7) is 9.73. The molecule has 0 bridgehead atoms. The Hall–Kier alpha value is -0.0800. The molecular weight excluding hydrogens is 232 g/mol. The molecule has 0 aromatic heterocycles. The third kappa shape index (κ3) is 2.85. The Morgan fingerprint density at radius 2 is 1.53 bits per heavy atom. The molecule has 0 spiro atoms. The fourth-order valence-electron chi connectivity index (χ4n) is 4.38. The van der Waals surface area contributed by atoms with E-state index in [4.69, 9.17) is 0 Å². The monoisotopic (exact) mass is 264 g/mol. The van der Waals surface area contributed by atoms with Crippen molar-refractivity contribution < 1.29 is 0 Å². The Kier molecular flexibility index (Phi) is 3.68. The molecule has 1 aliphatic heterocycles. The zero-order valence-corrected chi connectivity index (χ0v) is 13.2. The Bertz CT molecular complexity index is 313. The Morgan fingerprint density at radius 1 is 0.895 bits per heavy atom. The topological polar surface area (TPSA) is 15.3 Å². The SMILES string of the molecule is CC1(C)CN(C2CCCCCC2)C(C)(C2CC2)CN1. The largest absolute Gasteiger partial charge is 0.309 e. The van der Waals surface area contributed by atoms with E-state index in [0.29, 0.717) is 11.1 Å². The normalized spacial score (nSPS) is 38.1. The van der Waals surface area contributed by atoms with Gasteiger partial charge in [-0.05, 0) is 52.4 Å². The number of hydrogen-bond donors (Lipinski definition) is 1. The zero-order valence-electron chi connectivity index (χ0n) is 13.2. The van der Waals surface area contributed by atoms with Crippen molar-refractivity contribution in [3.63, 3.8) is 0 Å². The van der Waals surface area contributed by atoms with E-state index >= 15 is 0 Å². The lowest BCUT2D eigenvalue weighted by atomic mass is 9.83. The van der Waals surface area contributed by atoms with Crippen LogP contribution in [0.15, 0.2) is 0 Å². The molecule has 0 radical (unpaired) electrons. The van der Waals surface area contributed by atoms with Gasteiger partial charge in [-0.25, -0.2) is 0 Å². The minimum Gasteiger partial charge on any atom is -0.309 e. The predicted octanol–water partition coefficient (Wildman–Crippen LogP) is 3.56. The second kappa shape index (κ2) is 5.04. The van der Waals surface area contributed by atoms with Gasteiger partial charge in [0.2, 0.25) is 0 Å². The summed E-state index contributed by atoms with van der Waals surface area (Å²) in [5.74, 6) is 0.958. The highest BCUT2D eigenvalue weighted by atomic mass is 15.3. The summed E-state index contributed by atoms with van der Waals surface area (Å²) in [5.41, 5.74) is 0.727. The van der Waals surface area contributed by atoms with Crippen LogP contribution in [0.3, 0.4) is 0 Å². The van der Waals surface area contributed by atoms with E-state index in [1.54, 1.807) is 0 Å². The Labute approximate surface area is 119 Å². The van der Waals surface area contributed by atoms with E-state index in [-0.39, 0.29) is 0 Å². The molecule has 3 aliphatic rings. The van der Waals surface area contributed by atoms with Crippen molar-refractivity contribution >= 4 is 0 Å². The fourth-order valence-corrected chi connectivity index (χ4v) is 4.38. The highest BCUT2D eigenvalue weighted by molar-refractivity contribution is 5.08. The van der Waals surface area contributed by atoms with Crippen LogP contribution in [0.25, 0.3) is 0 Å². The molecule has 0 aromatic carbocycles. The molecule has 19 heavy (non-hydrogen) atoms. The average molecular weight is 264 g/mol. The summed E-state index contributed by atoms with van der Waals surface area (Å²) < 4.78 is 0. The van der Waals surface area contributed by atoms with Crippen LogP contribution in [-0.4, -0.2) is 35.1 Å². The van der Waals surface area contributed by atoms with E-state index in [9.17, 15) is 0 Å². The van der Waals surface area contributed by atoms with Gasteiger partial charge in [-0.1, -0.05) is 25.7 Å². The Balaban J connectivity index is 1.79. The molecular formula is C17H32N2. The lowest BCUT2D eigenvalue weighted by Crippen LogP contribution is -2.70. The van der Waals surface area contributed by atoms with E-state index in [1.807, 2.05) is 0 Å². The smallest absolute Gasteiger partial charge is 0.0337 e. The molecule has 3 rings (SSSR count). The number of rotatable bonds is 2. The molecule has 0 amide bonds. The molecule has 1 saturated heterocycles. The van der Waals surface area contributed by atoms with Crippen molar-refractivity contribution in [2.45, 2.75) is 89.3 Å². The van der Waals surface area contributed by atoms with Crippen molar-refractivity contribution in [2.75, 3.05) is 13.1 Å². The highest BCUT2D eigenvalue weighted by Crippen LogP contribution is 2.46. The third-order valence-corrected chi connectivity index (χ3v) is 5.87. The first kappa shape index (κ1) is 13.9. The molecule has 3 fully saturated rings. The summed E-state index contributed by atoms with van der Waals surface area (Å²) in [6.07, 6.45) is 11.6. The third-order valence-electron chi connectivity index (χ3n) is 5.87. The van der Waals surface area contributed by atoms with Crippen LogP contribution in [0, 0.1) is 5.92 Å². The molecule has 2 heteroatoms. The number of nitrogens with one attached hydrogen (secondary N) is 1. The van der Waals surface area contributed by atoms with Gasteiger partial charge in [-0.3, -0.25) is 4.90 Å². The van der Waals surface area contributed by atoms with Gasteiger partial charge in [0.05, 0.1) is 0 Å². The van der Waals surface area contributed by atoms with Crippen LogP contribution in [0.4, 0.5) is 0 Å².